The fourth-order valence-electron chi connectivity index (χ4n) is 3.77. The SMILES string of the molecule is COCCNC(=O)c1ccc(CN(Cc2cccc(F)c2)C2CCCCC2)o1. The quantitative estimate of drug-likeness (QED) is 0.656. The second-order valence-corrected chi connectivity index (χ2v) is 7.34. The summed E-state index contributed by atoms with van der Waals surface area (Å²) in [5.74, 6) is 0.603. The predicted octanol–water partition coefficient (Wildman–Crippen LogP) is 4.13. The summed E-state index contributed by atoms with van der Waals surface area (Å²) in [6, 6.07) is 10.8. The Morgan fingerprint density at radius 2 is 2.04 bits per heavy atom. The fraction of sp³-hybridized carbons (Fsp3) is 0.500. The molecule has 1 aliphatic carbocycles. The summed E-state index contributed by atoms with van der Waals surface area (Å²) in [6.45, 7) is 2.17. The third kappa shape index (κ3) is 5.91. The molecular weight excluding hydrogens is 359 g/mol. The summed E-state index contributed by atoms with van der Waals surface area (Å²) < 4.78 is 24.3. The molecule has 1 amide bonds. The number of nitrogens with one attached hydrogen (secondary N) is 1. The summed E-state index contributed by atoms with van der Waals surface area (Å²) in [7, 11) is 1.59. The van der Waals surface area contributed by atoms with E-state index in [2.05, 4.69) is 10.2 Å². The van der Waals surface area contributed by atoms with Crippen LogP contribution in [0.4, 0.5) is 4.39 Å². The first-order valence-electron chi connectivity index (χ1n) is 10.00. The van der Waals surface area contributed by atoms with Gasteiger partial charge >= 0.3 is 0 Å². The Morgan fingerprint density at radius 3 is 2.79 bits per heavy atom. The van der Waals surface area contributed by atoms with Crippen LogP contribution in [0.2, 0.25) is 0 Å². The van der Waals surface area contributed by atoms with Crippen molar-refractivity contribution < 1.29 is 18.3 Å². The summed E-state index contributed by atoms with van der Waals surface area (Å²) in [4.78, 5) is 14.5. The number of hydrogen-bond acceptors (Lipinski definition) is 4. The zero-order valence-electron chi connectivity index (χ0n) is 16.5. The molecule has 0 bridgehead atoms. The Bertz CT molecular complexity index is 756. The molecule has 28 heavy (non-hydrogen) atoms. The van der Waals surface area contributed by atoms with Gasteiger partial charge in [0.1, 0.15) is 11.6 Å². The van der Waals surface area contributed by atoms with Crippen LogP contribution in [0.5, 0.6) is 0 Å². The minimum Gasteiger partial charge on any atom is -0.455 e. The number of carbonyl (C=O) groups is 1. The number of ether oxygens (including phenoxy) is 1. The van der Waals surface area contributed by atoms with Gasteiger partial charge in [0, 0.05) is 26.2 Å². The Labute approximate surface area is 165 Å². The maximum absolute atomic E-state index is 13.6. The maximum Gasteiger partial charge on any atom is 0.287 e. The first kappa shape index (κ1) is 20.6. The number of nitrogens with zero attached hydrogens (tertiary/aromatic N) is 1. The number of methoxy groups -OCH3 is 1. The average molecular weight is 388 g/mol. The molecule has 1 saturated carbocycles. The second kappa shape index (κ2) is 10.4. The van der Waals surface area contributed by atoms with Gasteiger partial charge in [-0.3, -0.25) is 9.69 Å². The van der Waals surface area contributed by atoms with E-state index >= 15 is 0 Å². The van der Waals surface area contributed by atoms with Gasteiger partial charge in [0.2, 0.25) is 0 Å². The van der Waals surface area contributed by atoms with Crippen molar-refractivity contribution in [1.29, 1.82) is 0 Å². The van der Waals surface area contributed by atoms with Crippen molar-refractivity contribution >= 4 is 5.91 Å². The standard InChI is InChI=1S/C22H29FN2O3/c1-27-13-12-24-22(26)21-11-10-20(28-21)16-25(19-8-3-2-4-9-19)15-17-6-5-7-18(23)14-17/h5-7,10-11,14,19H,2-4,8-9,12-13,15-16H2,1H3,(H,24,26). The number of hydrogen-bond donors (Lipinski definition) is 1. The molecule has 1 aromatic carbocycles. The van der Waals surface area contributed by atoms with Crippen LogP contribution >= 0.6 is 0 Å². The summed E-state index contributed by atoms with van der Waals surface area (Å²) in [6.07, 6.45) is 5.99. The van der Waals surface area contributed by atoms with E-state index in [0.717, 1.165) is 24.2 Å². The lowest BCUT2D eigenvalue weighted by atomic mass is 9.93. The monoisotopic (exact) mass is 388 g/mol. The Kier molecular flexibility index (Phi) is 7.62. The van der Waals surface area contributed by atoms with Crippen LogP contribution < -0.4 is 5.32 Å². The number of furan rings is 1. The van der Waals surface area contributed by atoms with Gasteiger partial charge < -0.3 is 14.5 Å². The van der Waals surface area contributed by atoms with E-state index in [1.165, 1.54) is 25.3 Å². The molecule has 0 spiro atoms. The number of benzene rings is 1. The molecule has 1 N–H and O–H groups in total. The zero-order chi connectivity index (χ0) is 19.8. The van der Waals surface area contributed by atoms with Crippen LogP contribution in [-0.2, 0) is 17.8 Å². The largest absolute Gasteiger partial charge is 0.455 e. The van der Waals surface area contributed by atoms with Gasteiger partial charge in [-0.15, -0.1) is 0 Å². The molecule has 152 valence electrons. The molecule has 1 heterocycles. The third-order valence-corrected chi connectivity index (χ3v) is 5.20. The van der Waals surface area contributed by atoms with E-state index in [1.54, 1.807) is 25.3 Å². The van der Waals surface area contributed by atoms with Gasteiger partial charge in [0.15, 0.2) is 5.76 Å². The second-order valence-electron chi connectivity index (χ2n) is 7.34. The van der Waals surface area contributed by atoms with Gasteiger partial charge in [-0.2, -0.15) is 0 Å². The number of amides is 1. The molecule has 0 atom stereocenters. The average Bonchev–Trinajstić information content (AvgIpc) is 3.17. The zero-order valence-corrected chi connectivity index (χ0v) is 16.5. The van der Waals surface area contributed by atoms with Crippen LogP contribution in [0, 0.1) is 5.82 Å². The first-order chi connectivity index (χ1) is 13.7. The molecule has 0 saturated heterocycles. The van der Waals surface area contributed by atoms with Gasteiger partial charge in [-0.1, -0.05) is 31.4 Å². The van der Waals surface area contributed by atoms with E-state index in [0.29, 0.717) is 38.0 Å². The minimum absolute atomic E-state index is 0.214. The van der Waals surface area contributed by atoms with Crippen molar-refractivity contribution in [2.75, 3.05) is 20.3 Å². The van der Waals surface area contributed by atoms with E-state index in [9.17, 15) is 9.18 Å². The number of rotatable bonds is 9. The highest BCUT2D eigenvalue weighted by Gasteiger charge is 2.23. The van der Waals surface area contributed by atoms with Crippen molar-refractivity contribution in [2.24, 2.45) is 0 Å². The normalized spacial score (nSPS) is 15.1. The van der Waals surface area contributed by atoms with Crippen molar-refractivity contribution in [3.8, 4) is 0 Å². The maximum atomic E-state index is 13.6. The van der Waals surface area contributed by atoms with Crippen LogP contribution in [0.25, 0.3) is 0 Å². The van der Waals surface area contributed by atoms with Crippen molar-refractivity contribution in [1.82, 2.24) is 10.2 Å². The van der Waals surface area contributed by atoms with Gasteiger partial charge in [-0.25, -0.2) is 4.39 Å². The van der Waals surface area contributed by atoms with Crippen molar-refractivity contribution in [3.63, 3.8) is 0 Å². The molecule has 2 aromatic rings. The van der Waals surface area contributed by atoms with E-state index in [4.69, 9.17) is 9.15 Å². The first-order valence-corrected chi connectivity index (χ1v) is 10.00. The minimum atomic E-state index is -0.238. The summed E-state index contributed by atoms with van der Waals surface area (Å²) >= 11 is 0. The molecular formula is C22H29FN2O3. The summed E-state index contributed by atoms with van der Waals surface area (Å²) in [5, 5.41) is 2.76. The smallest absolute Gasteiger partial charge is 0.287 e. The molecule has 3 rings (SSSR count). The molecule has 0 radical (unpaired) electrons. The van der Waals surface area contributed by atoms with Gasteiger partial charge in [0.05, 0.1) is 13.2 Å². The fourth-order valence-corrected chi connectivity index (χ4v) is 3.77. The van der Waals surface area contributed by atoms with E-state index in [-0.39, 0.29) is 11.7 Å². The lowest BCUT2D eigenvalue weighted by Crippen LogP contribution is -2.35. The molecule has 1 aliphatic rings. The highest BCUT2D eigenvalue weighted by molar-refractivity contribution is 5.91. The van der Waals surface area contributed by atoms with Gasteiger partial charge in [0.25, 0.3) is 5.91 Å². The van der Waals surface area contributed by atoms with Crippen molar-refractivity contribution in [2.45, 2.75) is 51.2 Å². The Morgan fingerprint density at radius 1 is 1.21 bits per heavy atom. The van der Waals surface area contributed by atoms with Crippen LogP contribution in [0.1, 0.15) is 54.0 Å². The highest BCUT2D eigenvalue weighted by atomic mass is 19.1. The Balaban J connectivity index is 1.67. The highest BCUT2D eigenvalue weighted by Crippen LogP contribution is 2.26. The molecule has 6 heteroatoms. The molecule has 5 nitrogen and oxygen atoms in total. The summed E-state index contributed by atoms with van der Waals surface area (Å²) in [5.41, 5.74) is 0.953. The van der Waals surface area contributed by atoms with E-state index in [1.807, 2.05) is 12.1 Å². The molecule has 1 aromatic heterocycles. The molecule has 0 aliphatic heterocycles. The lowest BCUT2D eigenvalue weighted by molar-refractivity contribution is 0.0900. The number of carbonyl (C=O) groups excluding carboxylic acids is 1. The molecule has 0 unspecified atom stereocenters. The van der Waals surface area contributed by atoms with Crippen molar-refractivity contribution in [3.05, 3.63) is 59.3 Å². The van der Waals surface area contributed by atoms with Crippen LogP contribution in [0.3, 0.4) is 0 Å². The third-order valence-electron chi connectivity index (χ3n) is 5.20. The molecule has 1 fully saturated rings. The number of halogens is 1. The lowest BCUT2D eigenvalue weighted by Gasteiger charge is -2.34. The Hall–Kier alpha value is -2.18. The van der Waals surface area contributed by atoms with E-state index < -0.39 is 0 Å². The van der Waals surface area contributed by atoms with Crippen LogP contribution in [-0.4, -0.2) is 37.1 Å². The predicted molar refractivity (Wildman–Crippen MR) is 105 cm³/mol. The van der Waals surface area contributed by atoms with Gasteiger partial charge in [-0.05, 0) is 42.7 Å². The topological polar surface area (TPSA) is 54.7 Å². The van der Waals surface area contributed by atoms with Crippen LogP contribution in [0.15, 0.2) is 40.8 Å².